The molecule has 1 unspecified atom stereocenters. The molecule has 128 valence electrons. The first-order valence-electron chi connectivity index (χ1n) is 7.71. The summed E-state index contributed by atoms with van der Waals surface area (Å²) in [6, 6.07) is 10.5. The van der Waals surface area contributed by atoms with Crippen molar-refractivity contribution in [2.24, 2.45) is 0 Å². The van der Waals surface area contributed by atoms with Crippen molar-refractivity contribution in [2.75, 3.05) is 5.32 Å². The number of carbonyl (C=O) groups is 1. The van der Waals surface area contributed by atoms with E-state index in [-0.39, 0.29) is 5.91 Å². The second kappa shape index (κ2) is 7.76. The van der Waals surface area contributed by atoms with Gasteiger partial charge in [0.05, 0.1) is 10.7 Å². The highest BCUT2D eigenvalue weighted by Gasteiger charge is 2.21. The Labute approximate surface area is 149 Å². The number of pyridine rings is 1. The number of ether oxygens (including phenoxy) is 1. The van der Waals surface area contributed by atoms with Crippen molar-refractivity contribution in [3.8, 4) is 11.6 Å². The number of halogens is 1. The van der Waals surface area contributed by atoms with Crippen LogP contribution in [0.25, 0.3) is 5.82 Å². The molecule has 0 aliphatic carbocycles. The average molecular weight is 358 g/mol. The molecule has 0 bridgehead atoms. The minimum Gasteiger partial charge on any atom is -0.479 e. The highest BCUT2D eigenvalue weighted by Crippen LogP contribution is 2.25. The van der Waals surface area contributed by atoms with Crippen LogP contribution in [0.2, 0.25) is 5.02 Å². The Hall–Kier alpha value is -2.93. The lowest BCUT2D eigenvalue weighted by Gasteiger charge is -2.18. The lowest BCUT2D eigenvalue weighted by atomic mass is 10.2. The third-order valence-electron chi connectivity index (χ3n) is 3.45. The summed E-state index contributed by atoms with van der Waals surface area (Å²) in [6.45, 7) is 1.86. The number of hydrogen-bond acceptors (Lipinski definition) is 5. The highest BCUT2D eigenvalue weighted by molar-refractivity contribution is 6.32. The quantitative estimate of drug-likeness (QED) is 0.733. The fourth-order valence-electron chi connectivity index (χ4n) is 2.22. The number of hydrogen-bond donors (Lipinski definition) is 1. The van der Waals surface area contributed by atoms with E-state index in [2.05, 4.69) is 20.4 Å². The van der Waals surface area contributed by atoms with E-state index in [9.17, 15) is 4.79 Å². The van der Waals surface area contributed by atoms with Crippen LogP contribution in [0.4, 0.5) is 5.69 Å². The number of anilines is 1. The van der Waals surface area contributed by atoms with E-state index in [4.69, 9.17) is 16.3 Å². The van der Waals surface area contributed by atoms with E-state index in [1.807, 2.05) is 6.92 Å². The van der Waals surface area contributed by atoms with Gasteiger partial charge in [0.15, 0.2) is 11.9 Å². The Kier molecular flexibility index (Phi) is 5.25. The first-order chi connectivity index (χ1) is 12.2. The number of carbonyl (C=O) groups excluding carboxylic acids is 1. The van der Waals surface area contributed by atoms with Crippen molar-refractivity contribution in [3.63, 3.8) is 0 Å². The maximum Gasteiger partial charge on any atom is 0.265 e. The number of nitrogens with zero attached hydrogens (tertiary/aromatic N) is 4. The van der Waals surface area contributed by atoms with Crippen LogP contribution in [0, 0.1) is 0 Å². The van der Waals surface area contributed by atoms with Crippen molar-refractivity contribution in [3.05, 3.63) is 60.3 Å². The Bertz CT molecular complexity index is 854. The van der Waals surface area contributed by atoms with Crippen molar-refractivity contribution in [1.29, 1.82) is 0 Å². The molecule has 0 aliphatic heterocycles. The van der Waals surface area contributed by atoms with Gasteiger partial charge >= 0.3 is 0 Å². The minimum atomic E-state index is -0.691. The smallest absolute Gasteiger partial charge is 0.265 e. The Morgan fingerprint density at radius 2 is 2.16 bits per heavy atom. The number of amides is 1. The lowest BCUT2D eigenvalue weighted by molar-refractivity contribution is -0.122. The van der Waals surface area contributed by atoms with Crippen molar-refractivity contribution >= 4 is 23.2 Å². The summed E-state index contributed by atoms with van der Waals surface area (Å²) in [5, 5.41) is 7.33. The van der Waals surface area contributed by atoms with Gasteiger partial charge in [-0.05, 0) is 30.7 Å². The highest BCUT2D eigenvalue weighted by atomic mass is 35.5. The maximum absolute atomic E-state index is 12.6. The van der Waals surface area contributed by atoms with Gasteiger partial charge in [-0.15, -0.1) is 0 Å². The number of aromatic nitrogens is 4. The van der Waals surface area contributed by atoms with E-state index in [1.54, 1.807) is 42.6 Å². The first-order valence-corrected chi connectivity index (χ1v) is 8.09. The number of nitrogens with one attached hydrogen (secondary N) is 1. The largest absolute Gasteiger partial charge is 0.479 e. The molecule has 0 radical (unpaired) electrons. The van der Waals surface area contributed by atoms with Crippen LogP contribution < -0.4 is 10.1 Å². The molecule has 0 aliphatic rings. The SMILES string of the molecule is CCC(Oc1ccccc1Cl)C(=O)Nc1cccnc1-n1cncn1. The molecule has 0 fully saturated rings. The van der Waals surface area contributed by atoms with E-state index in [0.717, 1.165) is 0 Å². The number of rotatable bonds is 6. The van der Waals surface area contributed by atoms with Gasteiger partial charge in [-0.25, -0.2) is 14.6 Å². The van der Waals surface area contributed by atoms with Crippen molar-refractivity contribution in [2.45, 2.75) is 19.4 Å². The predicted molar refractivity (Wildman–Crippen MR) is 93.9 cm³/mol. The normalized spacial score (nSPS) is 11.8. The van der Waals surface area contributed by atoms with E-state index in [1.165, 1.54) is 17.3 Å². The second-order valence-corrected chi connectivity index (χ2v) is 5.56. The molecule has 2 aromatic heterocycles. The second-order valence-electron chi connectivity index (χ2n) is 5.15. The van der Waals surface area contributed by atoms with Crippen molar-refractivity contribution < 1.29 is 9.53 Å². The zero-order valence-electron chi connectivity index (χ0n) is 13.5. The molecule has 7 nitrogen and oxygen atoms in total. The molecule has 3 aromatic rings. The predicted octanol–water partition coefficient (Wildman–Crippen LogP) is 3.11. The molecule has 0 saturated heterocycles. The van der Waals surface area contributed by atoms with E-state index in [0.29, 0.717) is 28.7 Å². The Morgan fingerprint density at radius 1 is 1.32 bits per heavy atom. The summed E-state index contributed by atoms with van der Waals surface area (Å²) >= 11 is 6.10. The summed E-state index contributed by atoms with van der Waals surface area (Å²) in [4.78, 5) is 20.8. The molecule has 3 rings (SSSR count). The molecule has 1 N–H and O–H groups in total. The van der Waals surface area contributed by atoms with E-state index >= 15 is 0 Å². The maximum atomic E-state index is 12.6. The third kappa shape index (κ3) is 3.95. The number of para-hydroxylation sites is 1. The molecule has 1 amide bonds. The Morgan fingerprint density at radius 3 is 2.88 bits per heavy atom. The summed E-state index contributed by atoms with van der Waals surface area (Å²) in [5.74, 6) is 0.645. The average Bonchev–Trinajstić information content (AvgIpc) is 3.16. The Balaban J connectivity index is 1.78. The molecule has 1 atom stereocenters. The topological polar surface area (TPSA) is 81.9 Å². The minimum absolute atomic E-state index is 0.295. The van der Waals surface area contributed by atoms with Gasteiger partial charge in [0.25, 0.3) is 5.91 Å². The number of benzene rings is 1. The molecular formula is C17H16ClN5O2. The van der Waals surface area contributed by atoms with Crippen LogP contribution in [0.1, 0.15) is 13.3 Å². The zero-order valence-corrected chi connectivity index (χ0v) is 14.2. The van der Waals surface area contributed by atoms with Crippen molar-refractivity contribution in [1.82, 2.24) is 19.7 Å². The molecule has 1 aromatic carbocycles. The van der Waals surface area contributed by atoms with Crippen LogP contribution in [-0.2, 0) is 4.79 Å². The molecule has 0 saturated carbocycles. The van der Waals surface area contributed by atoms with Crippen LogP contribution in [0.15, 0.2) is 55.2 Å². The summed E-state index contributed by atoms with van der Waals surface area (Å²) in [6.07, 6.45) is 4.31. The van der Waals surface area contributed by atoms with Gasteiger partial charge in [0, 0.05) is 6.20 Å². The van der Waals surface area contributed by atoms with Gasteiger partial charge in [-0.2, -0.15) is 5.10 Å². The van der Waals surface area contributed by atoms with Crippen LogP contribution in [0.3, 0.4) is 0 Å². The fourth-order valence-corrected chi connectivity index (χ4v) is 2.40. The van der Waals surface area contributed by atoms with E-state index < -0.39 is 6.10 Å². The molecule has 2 heterocycles. The standard InChI is InChI=1S/C17H16ClN5O2/c1-2-14(25-15-8-4-3-6-12(15)18)17(24)22-13-7-5-9-20-16(13)23-11-19-10-21-23/h3-11,14H,2H2,1H3,(H,22,24). The molecule has 8 heteroatoms. The third-order valence-corrected chi connectivity index (χ3v) is 3.76. The first kappa shape index (κ1) is 16.9. The van der Waals surface area contributed by atoms with Crippen LogP contribution in [-0.4, -0.2) is 31.8 Å². The summed E-state index contributed by atoms with van der Waals surface area (Å²) in [7, 11) is 0. The van der Waals surface area contributed by atoms with Gasteiger partial charge in [0.2, 0.25) is 0 Å². The molecule has 0 spiro atoms. The monoisotopic (exact) mass is 357 g/mol. The van der Waals surface area contributed by atoms with Crippen LogP contribution >= 0.6 is 11.6 Å². The van der Waals surface area contributed by atoms with Crippen LogP contribution in [0.5, 0.6) is 5.75 Å². The zero-order chi connectivity index (χ0) is 17.6. The van der Waals surface area contributed by atoms with Gasteiger partial charge < -0.3 is 10.1 Å². The van der Waals surface area contributed by atoms with Gasteiger partial charge in [-0.1, -0.05) is 30.7 Å². The lowest BCUT2D eigenvalue weighted by Crippen LogP contribution is -2.33. The summed E-state index contributed by atoms with van der Waals surface area (Å²) in [5.41, 5.74) is 0.513. The molecular weight excluding hydrogens is 342 g/mol. The summed E-state index contributed by atoms with van der Waals surface area (Å²) < 4.78 is 7.24. The van der Waals surface area contributed by atoms with Gasteiger partial charge in [-0.3, -0.25) is 4.79 Å². The van der Waals surface area contributed by atoms with Gasteiger partial charge in [0.1, 0.15) is 18.4 Å². The fraction of sp³-hybridized carbons (Fsp3) is 0.176. The molecule has 25 heavy (non-hydrogen) atoms.